The van der Waals surface area contributed by atoms with Gasteiger partial charge in [0.2, 0.25) is 0 Å². The van der Waals surface area contributed by atoms with Crippen LogP contribution in [0.2, 0.25) is 0 Å². The van der Waals surface area contributed by atoms with Crippen LogP contribution in [0.4, 0.5) is 0 Å². The predicted octanol–water partition coefficient (Wildman–Crippen LogP) is 0.758. The molecule has 0 amide bonds. The Morgan fingerprint density at radius 3 is 2.96 bits per heavy atom. The van der Waals surface area contributed by atoms with Crippen LogP contribution in [0.3, 0.4) is 0 Å². The van der Waals surface area contributed by atoms with Crippen molar-refractivity contribution in [1.29, 1.82) is 0 Å². The molecule has 26 heavy (non-hydrogen) atoms. The van der Waals surface area contributed by atoms with Crippen molar-refractivity contribution in [2.75, 3.05) is 0 Å². The standard InChI is InChI=1S/C16H21N9O/c1-12-2-3-13(20-12)6-7-25-19-8-14(21-25)10-26-15-4-5-16(17-9-15)24-11-18-22-23-24/h4-5,8-9,11-13,20H,2-3,6-7,10H2,1H3. The second-order valence-corrected chi connectivity index (χ2v) is 6.46. The molecular weight excluding hydrogens is 334 g/mol. The van der Waals surface area contributed by atoms with Crippen LogP contribution in [0.5, 0.6) is 5.75 Å². The molecule has 10 nitrogen and oxygen atoms in total. The largest absolute Gasteiger partial charge is 0.486 e. The molecule has 4 rings (SSSR count). The van der Waals surface area contributed by atoms with Crippen LogP contribution in [0.25, 0.3) is 5.82 Å². The van der Waals surface area contributed by atoms with E-state index in [9.17, 15) is 0 Å². The van der Waals surface area contributed by atoms with E-state index in [-0.39, 0.29) is 0 Å². The molecule has 1 N–H and O–H groups in total. The number of aromatic nitrogens is 8. The van der Waals surface area contributed by atoms with E-state index < -0.39 is 0 Å². The summed E-state index contributed by atoms with van der Waals surface area (Å²) < 4.78 is 7.20. The zero-order chi connectivity index (χ0) is 17.8. The summed E-state index contributed by atoms with van der Waals surface area (Å²) in [4.78, 5) is 6.00. The minimum absolute atomic E-state index is 0.352. The van der Waals surface area contributed by atoms with Crippen molar-refractivity contribution >= 4 is 0 Å². The fourth-order valence-electron chi connectivity index (χ4n) is 3.04. The summed E-state index contributed by atoms with van der Waals surface area (Å²) in [5.74, 6) is 1.28. The average Bonchev–Trinajstić information content (AvgIpc) is 3.41. The summed E-state index contributed by atoms with van der Waals surface area (Å²) in [6.45, 7) is 3.39. The third-order valence-corrected chi connectivity index (χ3v) is 4.42. The number of aryl methyl sites for hydroxylation is 1. The smallest absolute Gasteiger partial charge is 0.157 e. The zero-order valence-corrected chi connectivity index (χ0v) is 14.6. The van der Waals surface area contributed by atoms with Gasteiger partial charge in [-0.25, -0.2) is 4.98 Å². The molecular formula is C16H21N9O. The first-order valence-electron chi connectivity index (χ1n) is 8.73. The van der Waals surface area contributed by atoms with Gasteiger partial charge < -0.3 is 10.1 Å². The van der Waals surface area contributed by atoms with Crippen molar-refractivity contribution in [2.45, 2.75) is 51.4 Å². The van der Waals surface area contributed by atoms with Gasteiger partial charge in [-0.15, -0.1) is 5.10 Å². The first-order valence-corrected chi connectivity index (χ1v) is 8.73. The van der Waals surface area contributed by atoms with Gasteiger partial charge in [-0.2, -0.15) is 19.7 Å². The van der Waals surface area contributed by atoms with E-state index in [2.05, 4.69) is 42.9 Å². The number of hydrogen-bond donors (Lipinski definition) is 1. The van der Waals surface area contributed by atoms with Crippen molar-refractivity contribution < 1.29 is 4.74 Å². The molecule has 0 aliphatic carbocycles. The Morgan fingerprint density at radius 1 is 1.27 bits per heavy atom. The van der Waals surface area contributed by atoms with Crippen molar-refractivity contribution in [1.82, 2.24) is 45.5 Å². The summed E-state index contributed by atoms with van der Waals surface area (Å²) >= 11 is 0. The molecule has 0 bridgehead atoms. The Labute approximate surface area is 150 Å². The fourth-order valence-corrected chi connectivity index (χ4v) is 3.04. The van der Waals surface area contributed by atoms with Crippen molar-refractivity contribution in [3.05, 3.63) is 36.5 Å². The first-order chi connectivity index (χ1) is 12.8. The molecule has 136 valence electrons. The van der Waals surface area contributed by atoms with Gasteiger partial charge >= 0.3 is 0 Å². The molecule has 0 radical (unpaired) electrons. The molecule has 0 saturated carbocycles. The Morgan fingerprint density at radius 2 is 2.23 bits per heavy atom. The van der Waals surface area contributed by atoms with Crippen molar-refractivity contribution in [2.24, 2.45) is 0 Å². The highest BCUT2D eigenvalue weighted by Crippen LogP contribution is 2.15. The molecule has 0 spiro atoms. The Hall–Kier alpha value is -2.88. The maximum atomic E-state index is 5.72. The van der Waals surface area contributed by atoms with Gasteiger partial charge in [0.15, 0.2) is 5.82 Å². The summed E-state index contributed by atoms with van der Waals surface area (Å²) in [6, 6.07) is 4.80. The Bertz CT molecular complexity index is 815. The van der Waals surface area contributed by atoms with Gasteiger partial charge in [0.1, 0.15) is 24.4 Å². The van der Waals surface area contributed by atoms with E-state index in [0.29, 0.717) is 30.3 Å². The van der Waals surface area contributed by atoms with Gasteiger partial charge in [-0.05, 0) is 48.7 Å². The van der Waals surface area contributed by atoms with Crippen LogP contribution in [0.1, 0.15) is 31.9 Å². The molecule has 1 aliphatic rings. The number of hydrogen-bond acceptors (Lipinski definition) is 8. The molecule has 1 fully saturated rings. The molecule has 2 atom stereocenters. The van der Waals surface area contributed by atoms with Crippen molar-refractivity contribution in [3.8, 4) is 11.6 Å². The molecule has 2 unspecified atom stereocenters. The van der Waals surface area contributed by atoms with Gasteiger partial charge in [0.25, 0.3) is 0 Å². The van der Waals surface area contributed by atoms with E-state index >= 15 is 0 Å². The highest BCUT2D eigenvalue weighted by molar-refractivity contribution is 5.27. The summed E-state index contributed by atoms with van der Waals surface area (Å²) in [5, 5.41) is 23.3. The van der Waals surface area contributed by atoms with Crippen LogP contribution in [0.15, 0.2) is 30.9 Å². The molecule has 3 aromatic heterocycles. The minimum Gasteiger partial charge on any atom is -0.486 e. The lowest BCUT2D eigenvalue weighted by Gasteiger charge is -2.10. The minimum atomic E-state index is 0.352. The molecule has 10 heteroatoms. The van der Waals surface area contributed by atoms with Crippen LogP contribution < -0.4 is 10.1 Å². The SMILES string of the molecule is CC1CCC(CCn2ncc(COc3ccc(-n4cnnn4)nc3)n2)N1. The monoisotopic (exact) mass is 355 g/mol. The number of tetrazole rings is 1. The lowest BCUT2D eigenvalue weighted by atomic mass is 10.1. The Balaban J connectivity index is 1.26. The van der Waals surface area contributed by atoms with E-state index in [1.807, 2.05) is 6.07 Å². The molecule has 3 aromatic rings. The van der Waals surface area contributed by atoms with Gasteiger partial charge in [0.05, 0.1) is 18.9 Å². The fraction of sp³-hybridized carbons (Fsp3) is 0.500. The molecule has 1 aliphatic heterocycles. The summed E-state index contributed by atoms with van der Waals surface area (Å²) in [6.07, 6.45) is 8.38. The van der Waals surface area contributed by atoms with Gasteiger partial charge in [-0.3, -0.25) is 0 Å². The third-order valence-electron chi connectivity index (χ3n) is 4.42. The highest BCUT2D eigenvalue weighted by atomic mass is 16.5. The first kappa shape index (κ1) is 16.6. The highest BCUT2D eigenvalue weighted by Gasteiger charge is 2.19. The number of pyridine rings is 1. The average molecular weight is 355 g/mol. The second-order valence-electron chi connectivity index (χ2n) is 6.46. The third kappa shape index (κ3) is 4.02. The molecule has 1 saturated heterocycles. The van der Waals surface area contributed by atoms with Crippen LogP contribution in [0, 0.1) is 0 Å². The van der Waals surface area contributed by atoms with E-state index in [1.165, 1.54) is 23.9 Å². The molecule has 0 aromatic carbocycles. The lowest BCUT2D eigenvalue weighted by Crippen LogP contribution is -2.28. The summed E-state index contributed by atoms with van der Waals surface area (Å²) in [7, 11) is 0. The molecule has 4 heterocycles. The van der Waals surface area contributed by atoms with Crippen LogP contribution >= 0.6 is 0 Å². The summed E-state index contributed by atoms with van der Waals surface area (Å²) in [5.41, 5.74) is 0.794. The quantitative estimate of drug-likeness (QED) is 0.662. The van der Waals surface area contributed by atoms with E-state index in [1.54, 1.807) is 23.3 Å². The van der Waals surface area contributed by atoms with E-state index in [4.69, 9.17) is 4.74 Å². The van der Waals surface area contributed by atoms with Gasteiger partial charge in [0, 0.05) is 12.1 Å². The van der Waals surface area contributed by atoms with Crippen molar-refractivity contribution in [3.63, 3.8) is 0 Å². The van der Waals surface area contributed by atoms with E-state index in [0.717, 1.165) is 18.7 Å². The number of rotatable bonds is 7. The lowest BCUT2D eigenvalue weighted by molar-refractivity contribution is 0.297. The van der Waals surface area contributed by atoms with Gasteiger partial charge in [-0.1, -0.05) is 0 Å². The normalized spacial score (nSPS) is 19.7. The number of nitrogens with one attached hydrogen (secondary N) is 1. The maximum Gasteiger partial charge on any atom is 0.157 e. The number of ether oxygens (including phenoxy) is 1. The van der Waals surface area contributed by atoms with Crippen LogP contribution in [-0.4, -0.2) is 52.3 Å². The topological polar surface area (TPSA) is 108 Å². The maximum absolute atomic E-state index is 5.72. The number of nitrogens with zero attached hydrogens (tertiary/aromatic N) is 8. The second kappa shape index (κ2) is 7.56. The Kier molecular flexibility index (Phi) is 4.82. The predicted molar refractivity (Wildman–Crippen MR) is 91.5 cm³/mol. The zero-order valence-electron chi connectivity index (χ0n) is 14.6. The van der Waals surface area contributed by atoms with Crippen LogP contribution in [-0.2, 0) is 13.2 Å².